The summed E-state index contributed by atoms with van der Waals surface area (Å²) in [5.41, 5.74) is 0.309. The van der Waals surface area contributed by atoms with E-state index in [9.17, 15) is 9.59 Å². The van der Waals surface area contributed by atoms with Gasteiger partial charge in [-0.2, -0.15) is 0 Å². The van der Waals surface area contributed by atoms with Crippen LogP contribution in [0.15, 0.2) is 30.3 Å². The number of benzene rings is 1. The molecule has 138 valence electrons. The number of hydrogen-bond acceptors (Lipinski definition) is 3. The highest BCUT2D eigenvalue weighted by molar-refractivity contribution is 5.88. The normalized spacial score (nSPS) is 18.4. The third kappa shape index (κ3) is 4.82. The van der Waals surface area contributed by atoms with Crippen LogP contribution < -0.4 is 10.6 Å². The van der Waals surface area contributed by atoms with Gasteiger partial charge in [-0.1, -0.05) is 37.3 Å². The zero-order valence-corrected chi connectivity index (χ0v) is 15.7. The Balaban J connectivity index is 2.00. The Hall–Kier alpha value is -1.88. The summed E-state index contributed by atoms with van der Waals surface area (Å²) < 4.78 is 0. The van der Waals surface area contributed by atoms with Crippen LogP contribution in [0.4, 0.5) is 0 Å². The molecule has 1 aromatic rings. The summed E-state index contributed by atoms with van der Waals surface area (Å²) in [6.45, 7) is 8.21. The number of nitrogens with zero attached hydrogens (tertiary/aromatic N) is 1. The molecular weight excluding hydrogens is 314 g/mol. The van der Waals surface area contributed by atoms with Crippen molar-refractivity contribution >= 4 is 11.8 Å². The highest BCUT2D eigenvalue weighted by Gasteiger charge is 2.41. The zero-order valence-electron chi connectivity index (χ0n) is 15.7. The first-order valence-corrected chi connectivity index (χ1v) is 9.36. The standard InChI is InChI=1S/C20H31N3O2/c1-4-16(2)22-18(24)12-13-21-19(25)20(3,23-14-8-9-15-23)17-10-6-5-7-11-17/h5-7,10-11,16H,4,8-9,12-15H2,1-3H3,(H,21,25)(H,22,24)/t16-,20+/m0/s1. The Labute approximate surface area is 151 Å². The Morgan fingerprint density at radius 1 is 1.20 bits per heavy atom. The molecule has 2 rings (SSSR count). The predicted molar refractivity (Wildman–Crippen MR) is 100 cm³/mol. The van der Waals surface area contributed by atoms with E-state index < -0.39 is 5.54 Å². The van der Waals surface area contributed by atoms with Crippen molar-refractivity contribution in [1.29, 1.82) is 0 Å². The average Bonchev–Trinajstić information content (AvgIpc) is 3.16. The molecule has 0 radical (unpaired) electrons. The van der Waals surface area contributed by atoms with Crippen LogP contribution in [-0.4, -0.2) is 42.4 Å². The van der Waals surface area contributed by atoms with Gasteiger partial charge in [0.1, 0.15) is 5.54 Å². The van der Waals surface area contributed by atoms with E-state index >= 15 is 0 Å². The van der Waals surface area contributed by atoms with E-state index in [4.69, 9.17) is 0 Å². The Kier molecular flexibility index (Phi) is 7.00. The molecule has 1 saturated heterocycles. The van der Waals surface area contributed by atoms with Crippen LogP contribution in [0.25, 0.3) is 0 Å². The molecule has 0 saturated carbocycles. The van der Waals surface area contributed by atoms with Gasteiger partial charge >= 0.3 is 0 Å². The first-order chi connectivity index (χ1) is 12.0. The molecule has 0 aromatic heterocycles. The lowest BCUT2D eigenvalue weighted by molar-refractivity contribution is -0.132. The summed E-state index contributed by atoms with van der Waals surface area (Å²) in [6.07, 6.45) is 3.44. The van der Waals surface area contributed by atoms with Gasteiger partial charge in [0.25, 0.3) is 0 Å². The van der Waals surface area contributed by atoms with Crippen LogP contribution in [0.5, 0.6) is 0 Å². The third-order valence-corrected chi connectivity index (χ3v) is 5.17. The van der Waals surface area contributed by atoms with Gasteiger partial charge in [-0.25, -0.2) is 0 Å². The molecule has 2 atom stereocenters. The van der Waals surface area contributed by atoms with Crippen molar-refractivity contribution in [2.75, 3.05) is 19.6 Å². The van der Waals surface area contributed by atoms with Crippen LogP contribution in [0.1, 0.15) is 52.0 Å². The molecule has 25 heavy (non-hydrogen) atoms. The maximum Gasteiger partial charge on any atom is 0.244 e. The van der Waals surface area contributed by atoms with Crippen LogP contribution in [0.2, 0.25) is 0 Å². The van der Waals surface area contributed by atoms with E-state index in [-0.39, 0.29) is 17.9 Å². The summed E-state index contributed by atoms with van der Waals surface area (Å²) in [5, 5.41) is 5.91. The van der Waals surface area contributed by atoms with E-state index in [0.717, 1.165) is 37.9 Å². The van der Waals surface area contributed by atoms with Gasteiger partial charge in [-0.3, -0.25) is 14.5 Å². The van der Waals surface area contributed by atoms with Crippen molar-refractivity contribution in [3.63, 3.8) is 0 Å². The highest BCUT2D eigenvalue weighted by Crippen LogP contribution is 2.31. The summed E-state index contributed by atoms with van der Waals surface area (Å²) in [4.78, 5) is 27.2. The lowest BCUT2D eigenvalue weighted by Gasteiger charge is -2.37. The largest absolute Gasteiger partial charge is 0.354 e. The highest BCUT2D eigenvalue weighted by atomic mass is 16.2. The summed E-state index contributed by atoms with van der Waals surface area (Å²) in [5.74, 6) is -0.0471. The second kappa shape index (κ2) is 8.99. The molecule has 1 heterocycles. The molecule has 1 aliphatic rings. The summed E-state index contributed by atoms with van der Waals surface area (Å²) in [7, 11) is 0. The van der Waals surface area contributed by atoms with Crippen LogP contribution in [0.3, 0.4) is 0 Å². The number of rotatable bonds is 8. The zero-order chi connectivity index (χ0) is 18.3. The van der Waals surface area contributed by atoms with Crippen molar-refractivity contribution in [2.24, 2.45) is 0 Å². The van der Waals surface area contributed by atoms with E-state index in [1.807, 2.05) is 51.1 Å². The van der Waals surface area contributed by atoms with Crippen molar-refractivity contribution < 1.29 is 9.59 Å². The molecule has 1 fully saturated rings. The first-order valence-electron chi connectivity index (χ1n) is 9.36. The fraction of sp³-hybridized carbons (Fsp3) is 0.600. The van der Waals surface area contributed by atoms with Gasteiger partial charge in [0.2, 0.25) is 11.8 Å². The van der Waals surface area contributed by atoms with E-state index in [0.29, 0.717) is 13.0 Å². The van der Waals surface area contributed by atoms with Crippen molar-refractivity contribution in [3.05, 3.63) is 35.9 Å². The lowest BCUT2D eigenvalue weighted by atomic mass is 9.89. The molecular formula is C20H31N3O2. The average molecular weight is 345 g/mol. The van der Waals surface area contributed by atoms with Crippen molar-refractivity contribution in [3.8, 4) is 0 Å². The van der Waals surface area contributed by atoms with Gasteiger partial charge in [0, 0.05) is 19.0 Å². The molecule has 0 unspecified atom stereocenters. The minimum atomic E-state index is -0.690. The topological polar surface area (TPSA) is 61.4 Å². The van der Waals surface area contributed by atoms with Crippen molar-refractivity contribution in [1.82, 2.24) is 15.5 Å². The minimum Gasteiger partial charge on any atom is -0.354 e. The molecule has 0 bridgehead atoms. The predicted octanol–water partition coefficient (Wildman–Crippen LogP) is 2.42. The summed E-state index contributed by atoms with van der Waals surface area (Å²) in [6, 6.07) is 10.1. The monoisotopic (exact) mass is 345 g/mol. The second-order valence-electron chi connectivity index (χ2n) is 7.02. The number of carbonyl (C=O) groups excluding carboxylic acids is 2. The van der Waals surface area contributed by atoms with Gasteiger partial charge in [0.05, 0.1) is 0 Å². The SMILES string of the molecule is CC[C@H](C)NC(=O)CCNC(=O)[C@@](C)(c1ccccc1)N1CCCC1. The molecule has 0 aliphatic carbocycles. The lowest BCUT2D eigenvalue weighted by Crippen LogP contribution is -2.54. The maximum atomic E-state index is 13.0. The van der Waals surface area contributed by atoms with Crippen molar-refractivity contribution in [2.45, 2.75) is 58.0 Å². The third-order valence-electron chi connectivity index (χ3n) is 5.17. The molecule has 0 spiro atoms. The Morgan fingerprint density at radius 2 is 1.84 bits per heavy atom. The van der Waals surface area contributed by atoms with E-state index in [1.54, 1.807) is 0 Å². The fourth-order valence-electron chi connectivity index (χ4n) is 3.30. The quantitative estimate of drug-likeness (QED) is 0.761. The molecule has 5 nitrogen and oxygen atoms in total. The molecule has 2 amide bonds. The number of carbonyl (C=O) groups is 2. The number of nitrogens with one attached hydrogen (secondary N) is 2. The molecule has 1 aliphatic heterocycles. The summed E-state index contributed by atoms with van der Waals surface area (Å²) >= 11 is 0. The van der Waals surface area contributed by atoms with Gasteiger partial charge in [0.15, 0.2) is 0 Å². The molecule has 1 aromatic carbocycles. The van der Waals surface area contributed by atoms with Crippen LogP contribution >= 0.6 is 0 Å². The molecule has 2 N–H and O–H groups in total. The minimum absolute atomic E-state index is 0.0164. The Bertz CT molecular complexity index is 570. The maximum absolute atomic E-state index is 13.0. The van der Waals surface area contributed by atoms with Crippen LogP contribution in [-0.2, 0) is 15.1 Å². The smallest absolute Gasteiger partial charge is 0.244 e. The number of likely N-dealkylation sites (tertiary alicyclic amines) is 1. The van der Waals surface area contributed by atoms with Gasteiger partial charge < -0.3 is 10.6 Å². The van der Waals surface area contributed by atoms with Gasteiger partial charge in [-0.15, -0.1) is 0 Å². The van der Waals surface area contributed by atoms with Gasteiger partial charge in [-0.05, 0) is 51.8 Å². The molecule has 5 heteroatoms. The number of amides is 2. The first kappa shape index (κ1) is 19.4. The van der Waals surface area contributed by atoms with E-state index in [1.165, 1.54) is 0 Å². The number of hydrogen-bond donors (Lipinski definition) is 2. The van der Waals surface area contributed by atoms with Crippen LogP contribution in [0, 0.1) is 0 Å². The van der Waals surface area contributed by atoms with E-state index in [2.05, 4.69) is 15.5 Å². The Morgan fingerprint density at radius 3 is 2.44 bits per heavy atom. The fourth-order valence-corrected chi connectivity index (χ4v) is 3.30. The second-order valence-corrected chi connectivity index (χ2v) is 7.02.